The zero-order valence-corrected chi connectivity index (χ0v) is 14.1. The third-order valence-electron chi connectivity index (χ3n) is 3.63. The monoisotopic (exact) mass is 310 g/mol. The first-order valence-corrected chi connectivity index (χ1v) is 8.08. The highest BCUT2D eigenvalue weighted by molar-refractivity contribution is 5.42. The third-order valence-corrected chi connectivity index (χ3v) is 3.63. The average molecular weight is 310 g/mol. The Morgan fingerprint density at radius 2 is 1.95 bits per heavy atom. The van der Waals surface area contributed by atoms with Gasteiger partial charge in [0, 0.05) is 6.54 Å². The fourth-order valence-corrected chi connectivity index (χ4v) is 2.30. The summed E-state index contributed by atoms with van der Waals surface area (Å²) in [4.78, 5) is 2.43. The standard InChI is InChI=1S/C17H30N2O3/c1-4-19(5-2)10-6-9-18-14-15-7-8-16(22-12-11-20)17(13-15)21-3/h7-8,13,18,20H,4-6,9-12,14H2,1-3H3. The Labute approximate surface area is 134 Å². The zero-order valence-electron chi connectivity index (χ0n) is 14.1. The molecule has 0 saturated heterocycles. The molecule has 2 N–H and O–H groups in total. The molecule has 0 spiro atoms. The molecule has 0 atom stereocenters. The van der Waals surface area contributed by atoms with Gasteiger partial charge in [0.05, 0.1) is 13.7 Å². The molecule has 5 heteroatoms. The predicted octanol–water partition coefficient (Wildman–Crippen LogP) is 1.89. The van der Waals surface area contributed by atoms with Crippen LogP contribution in [0.25, 0.3) is 0 Å². The smallest absolute Gasteiger partial charge is 0.161 e. The normalized spacial score (nSPS) is 11.0. The van der Waals surface area contributed by atoms with Gasteiger partial charge in [-0.05, 0) is 50.3 Å². The summed E-state index contributed by atoms with van der Waals surface area (Å²) in [5.41, 5.74) is 1.16. The zero-order chi connectivity index (χ0) is 16.2. The summed E-state index contributed by atoms with van der Waals surface area (Å²) >= 11 is 0. The summed E-state index contributed by atoms with van der Waals surface area (Å²) in [6, 6.07) is 5.89. The number of rotatable bonds is 12. The van der Waals surface area contributed by atoms with Crippen molar-refractivity contribution in [1.29, 1.82) is 0 Å². The molecule has 0 unspecified atom stereocenters. The molecule has 0 bridgehead atoms. The van der Waals surface area contributed by atoms with Crippen molar-refractivity contribution in [2.24, 2.45) is 0 Å². The van der Waals surface area contributed by atoms with E-state index in [4.69, 9.17) is 14.6 Å². The molecule has 1 rings (SSSR count). The van der Waals surface area contributed by atoms with Gasteiger partial charge >= 0.3 is 0 Å². The van der Waals surface area contributed by atoms with Gasteiger partial charge in [-0.15, -0.1) is 0 Å². The highest BCUT2D eigenvalue weighted by Crippen LogP contribution is 2.27. The van der Waals surface area contributed by atoms with E-state index in [0.29, 0.717) is 11.5 Å². The maximum Gasteiger partial charge on any atom is 0.161 e. The topological polar surface area (TPSA) is 54.0 Å². The largest absolute Gasteiger partial charge is 0.493 e. The van der Waals surface area contributed by atoms with Crippen molar-refractivity contribution < 1.29 is 14.6 Å². The van der Waals surface area contributed by atoms with Gasteiger partial charge in [0.2, 0.25) is 0 Å². The maximum absolute atomic E-state index is 8.81. The number of nitrogens with zero attached hydrogens (tertiary/aromatic N) is 1. The second-order valence-corrected chi connectivity index (χ2v) is 5.11. The third kappa shape index (κ3) is 6.64. The quantitative estimate of drug-likeness (QED) is 0.577. The van der Waals surface area contributed by atoms with Crippen LogP contribution in [0.2, 0.25) is 0 Å². The Bertz CT molecular complexity index is 409. The lowest BCUT2D eigenvalue weighted by atomic mass is 10.2. The summed E-state index contributed by atoms with van der Waals surface area (Å²) < 4.78 is 10.8. The van der Waals surface area contributed by atoms with Crippen LogP contribution >= 0.6 is 0 Å². The molecule has 0 radical (unpaired) electrons. The van der Waals surface area contributed by atoms with Gasteiger partial charge in [-0.1, -0.05) is 19.9 Å². The van der Waals surface area contributed by atoms with Crippen LogP contribution in [0.15, 0.2) is 18.2 Å². The molecule has 0 amide bonds. The Kier molecular flexibility index (Phi) is 9.62. The van der Waals surface area contributed by atoms with Crippen molar-refractivity contribution in [3.8, 4) is 11.5 Å². The van der Waals surface area contributed by atoms with Gasteiger partial charge in [-0.3, -0.25) is 0 Å². The van der Waals surface area contributed by atoms with Crippen molar-refractivity contribution in [3.05, 3.63) is 23.8 Å². The van der Waals surface area contributed by atoms with Gasteiger partial charge < -0.3 is 24.8 Å². The van der Waals surface area contributed by atoms with Crippen LogP contribution < -0.4 is 14.8 Å². The van der Waals surface area contributed by atoms with Gasteiger partial charge in [-0.25, -0.2) is 0 Å². The predicted molar refractivity (Wildman–Crippen MR) is 89.7 cm³/mol. The number of nitrogens with one attached hydrogen (secondary N) is 1. The van der Waals surface area contributed by atoms with Crippen LogP contribution in [-0.2, 0) is 6.54 Å². The van der Waals surface area contributed by atoms with E-state index >= 15 is 0 Å². The summed E-state index contributed by atoms with van der Waals surface area (Å²) in [7, 11) is 1.63. The van der Waals surface area contributed by atoms with Crippen LogP contribution in [-0.4, -0.2) is 56.5 Å². The number of aliphatic hydroxyl groups excluding tert-OH is 1. The first-order valence-electron chi connectivity index (χ1n) is 8.08. The Hall–Kier alpha value is -1.30. The number of aliphatic hydroxyl groups is 1. The number of benzene rings is 1. The average Bonchev–Trinajstić information content (AvgIpc) is 2.56. The van der Waals surface area contributed by atoms with Crippen molar-refractivity contribution in [2.45, 2.75) is 26.8 Å². The Morgan fingerprint density at radius 1 is 1.18 bits per heavy atom. The molecule has 0 saturated carbocycles. The van der Waals surface area contributed by atoms with Gasteiger partial charge in [0.15, 0.2) is 11.5 Å². The van der Waals surface area contributed by atoms with Crippen LogP contribution in [0.1, 0.15) is 25.8 Å². The molecule has 1 aromatic carbocycles. The maximum atomic E-state index is 8.81. The lowest BCUT2D eigenvalue weighted by Crippen LogP contribution is -2.27. The number of methoxy groups -OCH3 is 1. The van der Waals surface area contributed by atoms with E-state index in [2.05, 4.69) is 24.1 Å². The second-order valence-electron chi connectivity index (χ2n) is 5.11. The van der Waals surface area contributed by atoms with Crippen LogP contribution in [0, 0.1) is 0 Å². The molecule has 1 aromatic rings. The number of hydrogen-bond donors (Lipinski definition) is 2. The van der Waals surface area contributed by atoms with E-state index in [1.54, 1.807) is 7.11 Å². The van der Waals surface area contributed by atoms with E-state index < -0.39 is 0 Å². The lowest BCUT2D eigenvalue weighted by molar-refractivity contribution is 0.196. The van der Waals surface area contributed by atoms with Gasteiger partial charge in [-0.2, -0.15) is 0 Å². The molecule has 126 valence electrons. The SMILES string of the molecule is CCN(CC)CCCNCc1ccc(OCCO)c(OC)c1. The lowest BCUT2D eigenvalue weighted by Gasteiger charge is -2.17. The van der Waals surface area contributed by atoms with E-state index in [1.165, 1.54) is 0 Å². The van der Waals surface area contributed by atoms with Gasteiger partial charge in [0.25, 0.3) is 0 Å². The van der Waals surface area contributed by atoms with Gasteiger partial charge in [0.1, 0.15) is 6.61 Å². The highest BCUT2D eigenvalue weighted by atomic mass is 16.5. The minimum absolute atomic E-state index is 0.000993. The van der Waals surface area contributed by atoms with Crippen molar-refractivity contribution in [2.75, 3.05) is 46.5 Å². The first-order chi connectivity index (χ1) is 10.7. The molecule has 0 aliphatic rings. The van der Waals surface area contributed by atoms with Crippen LogP contribution in [0.4, 0.5) is 0 Å². The number of hydrogen-bond acceptors (Lipinski definition) is 5. The van der Waals surface area contributed by atoms with Crippen molar-refractivity contribution in [3.63, 3.8) is 0 Å². The molecule has 0 aliphatic heterocycles. The van der Waals surface area contributed by atoms with Crippen LogP contribution in [0.3, 0.4) is 0 Å². The second kappa shape index (κ2) is 11.3. The van der Waals surface area contributed by atoms with Crippen molar-refractivity contribution in [1.82, 2.24) is 10.2 Å². The fraction of sp³-hybridized carbons (Fsp3) is 0.647. The Balaban J connectivity index is 2.36. The van der Waals surface area contributed by atoms with E-state index in [-0.39, 0.29) is 13.2 Å². The molecule has 5 nitrogen and oxygen atoms in total. The minimum atomic E-state index is -0.000993. The minimum Gasteiger partial charge on any atom is -0.493 e. The molecular formula is C17H30N2O3. The summed E-state index contributed by atoms with van der Waals surface area (Å²) in [5.74, 6) is 1.37. The molecule has 0 heterocycles. The summed E-state index contributed by atoms with van der Waals surface area (Å²) in [5, 5.41) is 12.3. The molecule has 0 fully saturated rings. The van der Waals surface area contributed by atoms with E-state index in [9.17, 15) is 0 Å². The molecule has 0 aliphatic carbocycles. The van der Waals surface area contributed by atoms with Crippen LogP contribution in [0.5, 0.6) is 11.5 Å². The van der Waals surface area contributed by atoms with E-state index in [0.717, 1.165) is 44.7 Å². The number of ether oxygens (including phenoxy) is 2. The highest BCUT2D eigenvalue weighted by Gasteiger charge is 2.05. The Morgan fingerprint density at radius 3 is 2.59 bits per heavy atom. The molecule has 22 heavy (non-hydrogen) atoms. The summed E-state index contributed by atoms with van der Waals surface area (Å²) in [6.07, 6.45) is 1.15. The fourth-order valence-electron chi connectivity index (χ4n) is 2.30. The molecule has 0 aromatic heterocycles. The first kappa shape index (κ1) is 18.7. The molecular weight excluding hydrogens is 280 g/mol. The van der Waals surface area contributed by atoms with E-state index in [1.807, 2.05) is 18.2 Å². The van der Waals surface area contributed by atoms with Crippen molar-refractivity contribution >= 4 is 0 Å². The summed E-state index contributed by atoms with van der Waals surface area (Å²) in [6.45, 7) is 9.85.